The Morgan fingerprint density at radius 1 is 1.42 bits per heavy atom. The molecule has 108 valence electrons. The molecular weight excluding hydrogens is 240 g/mol. The second kappa shape index (κ2) is 5.59. The molecule has 1 aromatic rings. The average Bonchev–Trinajstić information content (AvgIpc) is 2.77. The Morgan fingerprint density at radius 3 is 2.74 bits per heavy atom. The van der Waals surface area contributed by atoms with E-state index in [1.165, 1.54) is 12.8 Å². The molecule has 0 bridgehead atoms. The minimum Gasteiger partial charge on any atom is -0.338 e. The SMILES string of the molecule is CC1CCCN(Cc2nc(C(C)(C)C)no2)C1CN. The van der Waals surface area contributed by atoms with Crippen LogP contribution in [0.2, 0.25) is 0 Å². The zero-order valence-corrected chi connectivity index (χ0v) is 12.5. The van der Waals surface area contributed by atoms with Crippen LogP contribution < -0.4 is 5.73 Å². The summed E-state index contributed by atoms with van der Waals surface area (Å²) >= 11 is 0. The predicted molar refractivity (Wildman–Crippen MR) is 74.6 cm³/mol. The molecule has 1 aromatic heterocycles. The first kappa shape index (κ1) is 14.5. The van der Waals surface area contributed by atoms with E-state index in [-0.39, 0.29) is 5.41 Å². The van der Waals surface area contributed by atoms with Crippen LogP contribution in [0.3, 0.4) is 0 Å². The van der Waals surface area contributed by atoms with E-state index < -0.39 is 0 Å². The largest absolute Gasteiger partial charge is 0.338 e. The van der Waals surface area contributed by atoms with Crippen molar-refractivity contribution in [3.63, 3.8) is 0 Å². The maximum Gasteiger partial charge on any atom is 0.240 e. The van der Waals surface area contributed by atoms with Gasteiger partial charge in [0, 0.05) is 18.0 Å². The van der Waals surface area contributed by atoms with E-state index in [1.54, 1.807) is 0 Å². The zero-order chi connectivity index (χ0) is 14.0. The Bertz CT molecular complexity index is 410. The third-order valence-corrected chi connectivity index (χ3v) is 3.95. The highest BCUT2D eigenvalue weighted by Gasteiger charge is 2.29. The van der Waals surface area contributed by atoms with Crippen LogP contribution >= 0.6 is 0 Å². The maximum absolute atomic E-state index is 5.90. The molecule has 0 amide bonds. The summed E-state index contributed by atoms with van der Waals surface area (Å²) in [5.41, 5.74) is 5.84. The fraction of sp³-hybridized carbons (Fsp3) is 0.857. The van der Waals surface area contributed by atoms with Gasteiger partial charge >= 0.3 is 0 Å². The van der Waals surface area contributed by atoms with Crippen LogP contribution in [0, 0.1) is 5.92 Å². The first-order chi connectivity index (χ1) is 8.91. The molecule has 1 fully saturated rings. The number of nitrogens with two attached hydrogens (primary N) is 1. The van der Waals surface area contributed by atoms with Gasteiger partial charge in [0.25, 0.3) is 0 Å². The van der Waals surface area contributed by atoms with Gasteiger partial charge in [-0.05, 0) is 25.3 Å². The van der Waals surface area contributed by atoms with Gasteiger partial charge < -0.3 is 10.3 Å². The first-order valence-electron chi connectivity index (χ1n) is 7.19. The topological polar surface area (TPSA) is 68.2 Å². The average molecular weight is 266 g/mol. The van der Waals surface area contributed by atoms with Crippen LogP contribution in [-0.2, 0) is 12.0 Å². The van der Waals surface area contributed by atoms with Crippen LogP contribution in [-0.4, -0.2) is 34.2 Å². The van der Waals surface area contributed by atoms with Crippen molar-refractivity contribution in [2.24, 2.45) is 11.7 Å². The molecule has 0 saturated carbocycles. The Balaban J connectivity index is 2.05. The highest BCUT2D eigenvalue weighted by Crippen LogP contribution is 2.25. The van der Waals surface area contributed by atoms with Gasteiger partial charge in [-0.25, -0.2) is 0 Å². The predicted octanol–water partition coefficient (Wildman–Crippen LogP) is 1.93. The summed E-state index contributed by atoms with van der Waals surface area (Å²) in [6.07, 6.45) is 2.48. The number of likely N-dealkylation sites (tertiary alicyclic amines) is 1. The molecule has 19 heavy (non-hydrogen) atoms. The summed E-state index contributed by atoms with van der Waals surface area (Å²) in [5, 5.41) is 4.08. The first-order valence-corrected chi connectivity index (χ1v) is 7.19. The number of rotatable bonds is 3. The lowest BCUT2D eigenvalue weighted by Crippen LogP contribution is -2.48. The van der Waals surface area contributed by atoms with Gasteiger partial charge in [-0.15, -0.1) is 0 Å². The number of hydrogen-bond acceptors (Lipinski definition) is 5. The normalized spacial score (nSPS) is 25.7. The Kier molecular flexibility index (Phi) is 4.26. The number of nitrogens with zero attached hydrogens (tertiary/aromatic N) is 3. The van der Waals surface area contributed by atoms with Crippen LogP contribution in [0.5, 0.6) is 0 Å². The highest BCUT2D eigenvalue weighted by molar-refractivity contribution is 5.00. The number of piperidine rings is 1. The monoisotopic (exact) mass is 266 g/mol. The van der Waals surface area contributed by atoms with Crippen LogP contribution in [0.15, 0.2) is 4.52 Å². The second-order valence-corrected chi connectivity index (χ2v) is 6.65. The van der Waals surface area contributed by atoms with Crippen molar-refractivity contribution in [1.29, 1.82) is 0 Å². The quantitative estimate of drug-likeness (QED) is 0.905. The molecule has 1 saturated heterocycles. The molecule has 5 nitrogen and oxygen atoms in total. The molecule has 5 heteroatoms. The van der Waals surface area contributed by atoms with Gasteiger partial charge in [0.05, 0.1) is 6.54 Å². The highest BCUT2D eigenvalue weighted by atomic mass is 16.5. The Hall–Kier alpha value is -0.940. The summed E-state index contributed by atoms with van der Waals surface area (Å²) in [5.74, 6) is 2.12. The van der Waals surface area contributed by atoms with Crippen molar-refractivity contribution in [3.8, 4) is 0 Å². The minimum absolute atomic E-state index is 0.0653. The van der Waals surface area contributed by atoms with Gasteiger partial charge in [-0.2, -0.15) is 4.98 Å². The van der Waals surface area contributed by atoms with Crippen LogP contribution in [0.4, 0.5) is 0 Å². The molecule has 1 aliphatic rings. The van der Waals surface area contributed by atoms with Crippen molar-refractivity contribution in [2.45, 2.75) is 58.5 Å². The second-order valence-electron chi connectivity index (χ2n) is 6.65. The fourth-order valence-electron chi connectivity index (χ4n) is 2.71. The van der Waals surface area contributed by atoms with Crippen LogP contribution in [0.25, 0.3) is 0 Å². The maximum atomic E-state index is 5.90. The van der Waals surface area contributed by atoms with E-state index in [0.717, 1.165) is 18.9 Å². The van der Waals surface area contributed by atoms with Crippen molar-refractivity contribution in [3.05, 3.63) is 11.7 Å². The van der Waals surface area contributed by atoms with Crippen molar-refractivity contribution in [2.75, 3.05) is 13.1 Å². The summed E-state index contributed by atoms with van der Waals surface area (Å²) in [6.45, 7) is 11.0. The molecule has 2 unspecified atom stereocenters. The molecule has 2 atom stereocenters. The van der Waals surface area contributed by atoms with E-state index in [0.29, 0.717) is 24.4 Å². The molecule has 2 rings (SSSR count). The third kappa shape index (κ3) is 3.34. The van der Waals surface area contributed by atoms with Gasteiger partial charge in [0.15, 0.2) is 5.82 Å². The number of hydrogen-bond donors (Lipinski definition) is 1. The van der Waals surface area contributed by atoms with Crippen molar-refractivity contribution in [1.82, 2.24) is 15.0 Å². The molecule has 0 aliphatic carbocycles. The number of aromatic nitrogens is 2. The molecule has 1 aliphatic heterocycles. The summed E-state index contributed by atoms with van der Waals surface area (Å²) in [7, 11) is 0. The standard InChI is InChI=1S/C14H26N4O/c1-10-6-5-7-18(11(10)8-15)9-12-16-13(17-19-12)14(2,3)4/h10-11H,5-9,15H2,1-4H3. The van der Waals surface area contributed by atoms with Gasteiger partial charge in [0.2, 0.25) is 5.89 Å². The third-order valence-electron chi connectivity index (χ3n) is 3.95. The summed E-state index contributed by atoms with van der Waals surface area (Å²) < 4.78 is 5.38. The van der Waals surface area contributed by atoms with Gasteiger partial charge in [-0.1, -0.05) is 32.9 Å². The molecule has 2 N–H and O–H groups in total. The molecule has 0 radical (unpaired) electrons. The van der Waals surface area contributed by atoms with E-state index in [2.05, 4.69) is 42.7 Å². The van der Waals surface area contributed by atoms with Crippen molar-refractivity contribution < 1.29 is 4.52 Å². The van der Waals surface area contributed by atoms with E-state index in [1.807, 2.05) is 0 Å². The summed E-state index contributed by atoms with van der Waals surface area (Å²) in [6, 6.07) is 0.429. The van der Waals surface area contributed by atoms with E-state index in [4.69, 9.17) is 10.3 Å². The lowest BCUT2D eigenvalue weighted by atomic mass is 9.91. The van der Waals surface area contributed by atoms with E-state index >= 15 is 0 Å². The zero-order valence-electron chi connectivity index (χ0n) is 12.5. The Morgan fingerprint density at radius 2 is 2.16 bits per heavy atom. The molecule has 0 aromatic carbocycles. The fourth-order valence-corrected chi connectivity index (χ4v) is 2.71. The van der Waals surface area contributed by atoms with Crippen LogP contribution in [0.1, 0.15) is 52.3 Å². The Labute approximate surface area is 115 Å². The van der Waals surface area contributed by atoms with E-state index in [9.17, 15) is 0 Å². The molecule has 2 heterocycles. The molecular formula is C14H26N4O. The molecule has 0 spiro atoms. The minimum atomic E-state index is -0.0653. The van der Waals surface area contributed by atoms with Gasteiger partial charge in [0.1, 0.15) is 0 Å². The lowest BCUT2D eigenvalue weighted by Gasteiger charge is -2.38. The summed E-state index contributed by atoms with van der Waals surface area (Å²) in [4.78, 5) is 6.89. The lowest BCUT2D eigenvalue weighted by molar-refractivity contribution is 0.0874. The van der Waals surface area contributed by atoms with Gasteiger partial charge in [-0.3, -0.25) is 4.90 Å². The smallest absolute Gasteiger partial charge is 0.240 e. The van der Waals surface area contributed by atoms with Crippen molar-refractivity contribution >= 4 is 0 Å².